The van der Waals surface area contributed by atoms with Crippen LogP contribution in [0.1, 0.15) is 39.0 Å². The molecule has 0 saturated carbocycles. The summed E-state index contributed by atoms with van der Waals surface area (Å²) in [5.41, 5.74) is -0.0504. The van der Waals surface area contributed by atoms with Gasteiger partial charge < -0.3 is 10.1 Å². The number of amides is 1. The summed E-state index contributed by atoms with van der Waals surface area (Å²) in [6.45, 7) is 1.72. The first-order valence-corrected chi connectivity index (χ1v) is 8.81. The number of methoxy groups -OCH3 is 1. The topological polar surface area (TPSA) is 72.7 Å². The van der Waals surface area contributed by atoms with Crippen LogP contribution in [0, 0.1) is 0 Å². The van der Waals surface area contributed by atoms with Gasteiger partial charge in [0.05, 0.1) is 29.0 Å². The van der Waals surface area contributed by atoms with Gasteiger partial charge in [0.15, 0.2) is 5.65 Å². The molecular formula is C19H15ClF3N3O3. The van der Waals surface area contributed by atoms with Gasteiger partial charge >= 0.3 is 12.1 Å². The zero-order valence-corrected chi connectivity index (χ0v) is 16.1. The number of imidazole rings is 1. The lowest BCUT2D eigenvalue weighted by atomic mass is 10.2. The lowest BCUT2D eigenvalue weighted by Crippen LogP contribution is -2.17. The molecule has 152 valence electrons. The number of aryl methyl sites for hydroxylation is 1. The summed E-state index contributed by atoms with van der Waals surface area (Å²) in [4.78, 5) is 28.5. The number of anilines is 1. The normalized spacial score (nSPS) is 11.5. The van der Waals surface area contributed by atoms with E-state index in [-0.39, 0.29) is 21.9 Å². The Hall–Kier alpha value is -3.07. The molecule has 0 aliphatic carbocycles. The van der Waals surface area contributed by atoms with Gasteiger partial charge in [-0.3, -0.25) is 9.20 Å². The standard InChI is InChI=1S/C19H15ClF3N3O3/c1-3-14-15(17(27)24-12-6-4-10(5-7-12)18(28)29-2)26-9-11(19(21,22)23)8-13(20)16(26)25-14/h4-9H,3H2,1-2H3,(H,24,27). The molecule has 10 heteroatoms. The van der Waals surface area contributed by atoms with E-state index in [9.17, 15) is 22.8 Å². The van der Waals surface area contributed by atoms with E-state index in [0.717, 1.165) is 16.7 Å². The van der Waals surface area contributed by atoms with Gasteiger partial charge in [-0.1, -0.05) is 18.5 Å². The Bertz CT molecular complexity index is 1090. The zero-order valence-electron chi connectivity index (χ0n) is 15.3. The van der Waals surface area contributed by atoms with Crippen molar-refractivity contribution in [3.63, 3.8) is 0 Å². The summed E-state index contributed by atoms with van der Waals surface area (Å²) in [5.74, 6) is -1.19. The lowest BCUT2D eigenvalue weighted by Gasteiger charge is -2.10. The highest BCUT2D eigenvalue weighted by atomic mass is 35.5. The smallest absolute Gasteiger partial charge is 0.417 e. The molecule has 0 aliphatic heterocycles. The molecule has 0 bridgehead atoms. The predicted molar refractivity (Wildman–Crippen MR) is 100 cm³/mol. The number of nitrogens with zero attached hydrogens (tertiary/aromatic N) is 2. The number of carbonyl (C=O) groups is 2. The number of benzene rings is 1. The van der Waals surface area contributed by atoms with E-state index >= 15 is 0 Å². The number of alkyl halides is 3. The molecule has 0 atom stereocenters. The van der Waals surface area contributed by atoms with Crippen molar-refractivity contribution in [1.29, 1.82) is 0 Å². The molecule has 0 fully saturated rings. The molecule has 2 aromatic heterocycles. The number of hydrogen-bond acceptors (Lipinski definition) is 4. The first-order chi connectivity index (χ1) is 13.7. The second-order valence-corrected chi connectivity index (χ2v) is 6.46. The second kappa shape index (κ2) is 7.75. The average Bonchev–Trinajstić information content (AvgIpc) is 3.06. The Morgan fingerprint density at radius 1 is 1.24 bits per heavy atom. The molecule has 0 spiro atoms. The first kappa shape index (κ1) is 20.7. The fraction of sp³-hybridized carbons (Fsp3) is 0.211. The monoisotopic (exact) mass is 425 g/mol. The van der Waals surface area contributed by atoms with Gasteiger partial charge in [-0.2, -0.15) is 13.2 Å². The highest BCUT2D eigenvalue weighted by Gasteiger charge is 2.33. The third-order valence-electron chi connectivity index (χ3n) is 4.19. The van der Waals surface area contributed by atoms with Crippen LogP contribution in [-0.4, -0.2) is 28.4 Å². The van der Waals surface area contributed by atoms with E-state index in [1.54, 1.807) is 6.92 Å². The highest BCUT2D eigenvalue weighted by molar-refractivity contribution is 6.33. The maximum Gasteiger partial charge on any atom is 0.417 e. The summed E-state index contributed by atoms with van der Waals surface area (Å²) in [6, 6.07) is 6.64. The maximum absolute atomic E-state index is 13.2. The number of halogens is 4. The Kier molecular flexibility index (Phi) is 5.52. The van der Waals surface area contributed by atoms with Crippen LogP contribution in [0.15, 0.2) is 36.5 Å². The Morgan fingerprint density at radius 2 is 1.90 bits per heavy atom. The van der Waals surface area contributed by atoms with Crippen molar-refractivity contribution >= 4 is 34.8 Å². The fourth-order valence-corrected chi connectivity index (χ4v) is 3.04. The van der Waals surface area contributed by atoms with Crippen LogP contribution < -0.4 is 5.32 Å². The third-order valence-corrected chi connectivity index (χ3v) is 4.47. The van der Waals surface area contributed by atoms with E-state index in [1.807, 2.05) is 0 Å². The average molecular weight is 426 g/mol. The van der Waals surface area contributed by atoms with Gasteiger partial charge in [0.25, 0.3) is 5.91 Å². The summed E-state index contributed by atoms with van der Waals surface area (Å²) >= 11 is 5.98. The van der Waals surface area contributed by atoms with E-state index < -0.39 is 23.6 Å². The second-order valence-electron chi connectivity index (χ2n) is 6.05. The van der Waals surface area contributed by atoms with Crippen LogP contribution in [0.2, 0.25) is 5.02 Å². The summed E-state index contributed by atoms with van der Waals surface area (Å²) in [7, 11) is 1.25. The van der Waals surface area contributed by atoms with Crippen molar-refractivity contribution in [2.45, 2.75) is 19.5 Å². The highest BCUT2D eigenvalue weighted by Crippen LogP contribution is 2.33. The van der Waals surface area contributed by atoms with E-state index in [0.29, 0.717) is 17.8 Å². The minimum atomic E-state index is -4.63. The summed E-state index contributed by atoms with van der Waals surface area (Å²) in [5, 5.41) is 2.38. The fourth-order valence-electron chi connectivity index (χ4n) is 2.79. The quantitative estimate of drug-likeness (QED) is 0.620. The molecular weight excluding hydrogens is 411 g/mol. The molecule has 6 nitrogen and oxygen atoms in total. The number of hydrogen-bond donors (Lipinski definition) is 1. The number of aromatic nitrogens is 2. The number of ether oxygens (including phenoxy) is 1. The number of carbonyl (C=O) groups excluding carboxylic acids is 2. The van der Waals surface area contributed by atoms with Crippen LogP contribution in [0.5, 0.6) is 0 Å². The number of rotatable bonds is 4. The van der Waals surface area contributed by atoms with Crippen LogP contribution in [0.3, 0.4) is 0 Å². The molecule has 29 heavy (non-hydrogen) atoms. The number of fused-ring (bicyclic) bond motifs is 1. The maximum atomic E-state index is 13.2. The molecule has 3 aromatic rings. The van der Waals surface area contributed by atoms with Crippen molar-refractivity contribution in [2.75, 3.05) is 12.4 Å². The molecule has 2 heterocycles. The van der Waals surface area contributed by atoms with Crippen LogP contribution in [0.4, 0.5) is 18.9 Å². The lowest BCUT2D eigenvalue weighted by molar-refractivity contribution is -0.137. The van der Waals surface area contributed by atoms with Gasteiger partial charge in [-0.25, -0.2) is 9.78 Å². The summed E-state index contributed by atoms with van der Waals surface area (Å²) < 4.78 is 45.1. The Morgan fingerprint density at radius 3 is 2.45 bits per heavy atom. The molecule has 0 radical (unpaired) electrons. The molecule has 0 aliphatic rings. The van der Waals surface area contributed by atoms with Gasteiger partial charge in [0.1, 0.15) is 5.69 Å². The minimum Gasteiger partial charge on any atom is -0.465 e. The van der Waals surface area contributed by atoms with Gasteiger partial charge in [-0.15, -0.1) is 0 Å². The van der Waals surface area contributed by atoms with Crippen LogP contribution in [0.25, 0.3) is 5.65 Å². The number of esters is 1. The van der Waals surface area contributed by atoms with E-state index in [4.69, 9.17) is 11.6 Å². The third kappa shape index (κ3) is 4.04. The molecule has 3 rings (SSSR count). The van der Waals surface area contributed by atoms with E-state index in [1.165, 1.54) is 31.4 Å². The van der Waals surface area contributed by atoms with Crippen LogP contribution in [-0.2, 0) is 17.3 Å². The first-order valence-electron chi connectivity index (χ1n) is 8.43. The SMILES string of the molecule is CCc1nc2c(Cl)cc(C(F)(F)F)cn2c1C(=O)Nc1ccc(C(=O)OC)cc1. The molecule has 1 aromatic carbocycles. The largest absolute Gasteiger partial charge is 0.465 e. The van der Waals surface area contributed by atoms with Crippen molar-refractivity contribution in [1.82, 2.24) is 9.38 Å². The molecule has 0 saturated heterocycles. The van der Waals surface area contributed by atoms with Crippen LogP contribution >= 0.6 is 11.6 Å². The number of pyridine rings is 1. The molecule has 1 N–H and O–H groups in total. The minimum absolute atomic E-state index is 0.0486. The van der Waals surface area contributed by atoms with Crippen molar-refractivity contribution in [2.24, 2.45) is 0 Å². The van der Waals surface area contributed by atoms with Gasteiger partial charge in [-0.05, 0) is 36.8 Å². The van der Waals surface area contributed by atoms with Crippen molar-refractivity contribution in [3.05, 3.63) is 64.1 Å². The van der Waals surface area contributed by atoms with Gasteiger partial charge in [0.2, 0.25) is 0 Å². The Labute approximate surface area is 168 Å². The van der Waals surface area contributed by atoms with E-state index in [2.05, 4.69) is 15.0 Å². The summed E-state index contributed by atoms with van der Waals surface area (Å²) in [6.07, 6.45) is -3.53. The Balaban J connectivity index is 2.02. The zero-order chi connectivity index (χ0) is 21.3. The van der Waals surface area contributed by atoms with Crippen molar-refractivity contribution < 1.29 is 27.5 Å². The molecule has 0 unspecified atom stereocenters. The number of nitrogens with one attached hydrogen (secondary N) is 1. The van der Waals surface area contributed by atoms with Crippen molar-refractivity contribution in [3.8, 4) is 0 Å². The molecule has 1 amide bonds. The van der Waals surface area contributed by atoms with Gasteiger partial charge in [0, 0.05) is 11.9 Å². The predicted octanol–water partition coefficient (Wildman–Crippen LogP) is 4.61.